The quantitative estimate of drug-likeness (QED) is 0.201. The van der Waals surface area contributed by atoms with Gasteiger partial charge in [-0.1, -0.05) is 62.4 Å². The SMILES string of the molecule is C[C@@]12C[C@@H](c3nc(-c4ccc(-c5ccc6cc(-c7c[nH]c([C@@H]8C[C@@]9(C)C[C@H]9N8)n7)ccc6c5)cc4)c[nH]3)N[C@@H]1C2. The summed E-state index contributed by atoms with van der Waals surface area (Å²) < 4.78 is 0. The molecule has 200 valence electrons. The van der Waals surface area contributed by atoms with Crippen molar-refractivity contribution in [3.63, 3.8) is 0 Å². The minimum absolute atomic E-state index is 0.348. The van der Waals surface area contributed by atoms with E-state index in [1.54, 1.807) is 0 Å². The van der Waals surface area contributed by atoms with Gasteiger partial charge in [0.1, 0.15) is 11.6 Å². The highest BCUT2D eigenvalue weighted by molar-refractivity contribution is 5.90. The molecule has 4 heterocycles. The van der Waals surface area contributed by atoms with Crippen molar-refractivity contribution in [2.45, 2.75) is 63.7 Å². The topological polar surface area (TPSA) is 81.4 Å². The summed E-state index contributed by atoms with van der Waals surface area (Å²) in [6.45, 7) is 4.76. The van der Waals surface area contributed by atoms with Crippen LogP contribution in [0.2, 0.25) is 0 Å². The molecule has 6 atom stereocenters. The Morgan fingerprint density at radius 3 is 1.60 bits per heavy atom. The van der Waals surface area contributed by atoms with Gasteiger partial charge in [0.15, 0.2) is 0 Å². The Bertz CT molecular complexity index is 1780. The van der Waals surface area contributed by atoms with E-state index in [9.17, 15) is 0 Å². The zero-order valence-corrected chi connectivity index (χ0v) is 23.0. The van der Waals surface area contributed by atoms with Gasteiger partial charge in [-0.15, -0.1) is 0 Å². The van der Waals surface area contributed by atoms with Crippen LogP contribution >= 0.6 is 0 Å². The third kappa shape index (κ3) is 3.62. The number of nitrogens with zero attached hydrogens (tertiary/aromatic N) is 2. The number of hydrogen-bond donors (Lipinski definition) is 4. The number of fused-ring (bicyclic) bond motifs is 3. The first-order valence-electron chi connectivity index (χ1n) is 14.7. The number of rotatable bonds is 5. The summed E-state index contributed by atoms with van der Waals surface area (Å²) in [7, 11) is 0. The number of benzene rings is 3. The van der Waals surface area contributed by atoms with Gasteiger partial charge in [-0.25, -0.2) is 9.97 Å². The Labute approximate surface area is 234 Å². The average Bonchev–Trinajstić information content (AvgIpc) is 3.46. The summed E-state index contributed by atoms with van der Waals surface area (Å²) in [6, 6.07) is 24.2. The third-order valence-electron chi connectivity index (χ3n) is 10.4. The van der Waals surface area contributed by atoms with E-state index in [0.717, 1.165) is 34.2 Å². The lowest BCUT2D eigenvalue weighted by Gasteiger charge is -2.11. The zero-order valence-electron chi connectivity index (χ0n) is 23.0. The fraction of sp³-hybridized carbons (Fsp3) is 0.353. The van der Waals surface area contributed by atoms with Gasteiger partial charge >= 0.3 is 0 Å². The predicted octanol–water partition coefficient (Wildman–Crippen LogP) is 6.91. The van der Waals surface area contributed by atoms with Crippen LogP contribution in [0.25, 0.3) is 44.4 Å². The van der Waals surface area contributed by atoms with Crippen LogP contribution in [-0.2, 0) is 0 Å². The molecule has 4 N–H and O–H groups in total. The molecule has 4 aliphatic rings. The molecule has 0 spiro atoms. The summed E-state index contributed by atoms with van der Waals surface area (Å²) >= 11 is 0. The Morgan fingerprint density at radius 1 is 0.575 bits per heavy atom. The van der Waals surface area contributed by atoms with Crippen LogP contribution < -0.4 is 10.6 Å². The minimum atomic E-state index is 0.348. The van der Waals surface area contributed by atoms with Crippen molar-refractivity contribution in [2.75, 3.05) is 0 Å². The molecule has 6 heteroatoms. The molecule has 2 aliphatic carbocycles. The monoisotopic (exact) mass is 526 g/mol. The smallest absolute Gasteiger partial charge is 0.124 e. The maximum Gasteiger partial charge on any atom is 0.124 e. The van der Waals surface area contributed by atoms with Crippen LogP contribution in [0.1, 0.15) is 63.3 Å². The van der Waals surface area contributed by atoms with Gasteiger partial charge < -0.3 is 20.6 Å². The van der Waals surface area contributed by atoms with Gasteiger partial charge in [-0.3, -0.25) is 0 Å². The summed E-state index contributed by atoms with van der Waals surface area (Å²) in [6.07, 6.45) is 9.05. The zero-order chi connectivity index (χ0) is 26.6. The second-order valence-corrected chi connectivity index (χ2v) is 13.4. The molecule has 6 nitrogen and oxygen atoms in total. The second kappa shape index (κ2) is 7.93. The second-order valence-electron chi connectivity index (χ2n) is 13.4. The molecular formula is C34H34N6. The molecule has 40 heavy (non-hydrogen) atoms. The Kier molecular flexibility index (Phi) is 4.56. The molecule has 9 rings (SSSR count). The van der Waals surface area contributed by atoms with Gasteiger partial charge in [0.2, 0.25) is 0 Å². The molecular weight excluding hydrogens is 492 g/mol. The molecule has 0 unspecified atom stereocenters. The Balaban J connectivity index is 0.925. The third-order valence-corrected chi connectivity index (χ3v) is 10.4. The largest absolute Gasteiger partial charge is 0.347 e. The van der Waals surface area contributed by atoms with Crippen LogP contribution in [-0.4, -0.2) is 32.0 Å². The lowest BCUT2D eigenvalue weighted by Crippen LogP contribution is -2.18. The average molecular weight is 527 g/mol. The van der Waals surface area contributed by atoms with Gasteiger partial charge in [-0.2, -0.15) is 0 Å². The van der Waals surface area contributed by atoms with E-state index in [1.165, 1.54) is 47.6 Å². The number of aromatic amines is 2. The predicted molar refractivity (Wildman–Crippen MR) is 159 cm³/mol. The summed E-state index contributed by atoms with van der Waals surface area (Å²) in [5, 5.41) is 9.91. The first kappa shape index (κ1) is 23.0. The summed E-state index contributed by atoms with van der Waals surface area (Å²) in [5.74, 6) is 2.13. The Hall–Kier alpha value is -3.74. The van der Waals surface area contributed by atoms with E-state index in [0.29, 0.717) is 35.0 Å². The van der Waals surface area contributed by atoms with Crippen molar-refractivity contribution >= 4 is 10.8 Å². The number of hydrogen-bond acceptors (Lipinski definition) is 4. The summed E-state index contributed by atoms with van der Waals surface area (Å²) in [4.78, 5) is 16.7. The van der Waals surface area contributed by atoms with E-state index >= 15 is 0 Å². The minimum Gasteiger partial charge on any atom is -0.347 e. The first-order chi connectivity index (χ1) is 19.4. The fourth-order valence-electron chi connectivity index (χ4n) is 7.42. The highest BCUT2D eigenvalue weighted by Crippen LogP contribution is 2.58. The highest BCUT2D eigenvalue weighted by Gasteiger charge is 2.58. The van der Waals surface area contributed by atoms with Crippen molar-refractivity contribution < 1.29 is 0 Å². The van der Waals surface area contributed by atoms with E-state index in [1.807, 2.05) is 6.20 Å². The van der Waals surface area contributed by atoms with Crippen LogP contribution in [0, 0.1) is 10.8 Å². The van der Waals surface area contributed by atoms with Crippen molar-refractivity contribution in [1.29, 1.82) is 0 Å². The maximum atomic E-state index is 4.96. The van der Waals surface area contributed by atoms with Gasteiger partial charge in [-0.05, 0) is 70.5 Å². The molecule has 3 aromatic carbocycles. The van der Waals surface area contributed by atoms with Crippen LogP contribution in [0.5, 0.6) is 0 Å². The lowest BCUT2D eigenvalue weighted by molar-refractivity contribution is 0.488. The van der Waals surface area contributed by atoms with Gasteiger partial charge in [0.05, 0.1) is 23.5 Å². The molecule has 5 aromatic rings. The Morgan fingerprint density at radius 2 is 1.05 bits per heavy atom. The van der Waals surface area contributed by atoms with Crippen LogP contribution in [0.4, 0.5) is 0 Å². The molecule has 0 amide bonds. The maximum absolute atomic E-state index is 4.96. The fourth-order valence-corrected chi connectivity index (χ4v) is 7.42. The van der Waals surface area contributed by atoms with E-state index < -0.39 is 0 Å². The van der Waals surface area contributed by atoms with E-state index in [4.69, 9.17) is 9.97 Å². The standard InChI is InChI=1S/C34H34N6/c1-33-13-25(37-29(33)15-33)31-35-17-27(39-31)20-5-3-19(4-6-20)21-7-8-23-12-24(10-9-22(23)11-21)28-18-36-32(40-28)26-14-34(2)16-30(34)38-26/h3-12,17-18,25-26,29-30,37-38H,13-16H2,1-2H3,(H,35,39)(H,36,40)/t25-,26-,29+,30+,33-,34-/m0/s1. The molecule has 4 fully saturated rings. The number of aromatic nitrogens is 4. The molecule has 0 bridgehead atoms. The highest BCUT2D eigenvalue weighted by atomic mass is 15.1. The van der Waals surface area contributed by atoms with E-state index in [2.05, 4.69) is 101 Å². The molecule has 2 aromatic heterocycles. The van der Waals surface area contributed by atoms with Gasteiger partial charge in [0.25, 0.3) is 0 Å². The first-order valence-corrected chi connectivity index (χ1v) is 14.7. The molecule has 2 saturated heterocycles. The van der Waals surface area contributed by atoms with Crippen molar-refractivity contribution in [3.8, 4) is 33.6 Å². The van der Waals surface area contributed by atoms with Crippen molar-refractivity contribution in [3.05, 3.63) is 84.7 Å². The van der Waals surface area contributed by atoms with E-state index in [-0.39, 0.29) is 0 Å². The van der Waals surface area contributed by atoms with Crippen molar-refractivity contribution in [1.82, 2.24) is 30.6 Å². The number of nitrogens with one attached hydrogen (secondary N) is 4. The molecule has 0 radical (unpaired) electrons. The molecule has 2 saturated carbocycles. The number of H-pyrrole nitrogens is 2. The summed E-state index contributed by atoms with van der Waals surface area (Å²) in [5.41, 5.74) is 7.71. The number of imidazole rings is 2. The van der Waals surface area contributed by atoms with Gasteiger partial charge in [0, 0.05) is 35.6 Å². The van der Waals surface area contributed by atoms with Crippen LogP contribution in [0.3, 0.4) is 0 Å². The van der Waals surface area contributed by atoms with Crippen LogP contribution in [0.15, 0.2) is 73.1 Å². The van der Waals surface area contributed by atoms with Crippen molar-refractivity contribution in [2.24, 2.45) is 10.8 Å². The normalized spacial score (nSPS) is 31.9. The molecule has 2 aliphatic heterocycles. The lowest BCUT2D eigenvalue weighted by atomic mass is 9.98. The number of piperidine rings is 2.